The number of aliphatic hydroxyl groups is 1. The Balaban J connectivity index is 2.62. The molecule has 0 saturated carbocycles. The fourth-order valence-corrected chi connectivity index (χ4v) is 1.55. The standard InChI is InChI=1S/C14H17NO4/c1-9-3-5-11(6-4-9)14(19)10(2)15-12(16)7-8-13(17)18/h3-8,10,14,19H,1-2H3,(H,15,16)(H,17,18)/b8-7-. The molecule has 0 aliphatic rings. The van der Waals surface area contributed by atoms with Crippen LogP contribution in [0.4, 0.5) is 0 Å². The number of carbonyl (C=O) groups excluding carboxylic acids is 1. The second-order valence-electron chi connectivity index (χ2n) is 4.32. The summed E-state index contributed by atoms with van der Waals surface area (Å²) in [5.41, 5.74) is 1.78. The third-order valence-electron chi connectivity index (χ3n) is 2.64. The maximum Gasteiger partial charge on any atom is 0.328 e. The molecule has 0 spiro atoms. The van der Waals surface area contributed by atoms with Crippen molar-refractivity contribution >= 4 is 11.9 Å². The van der Waals surface area contributed by atoms with Crippen LogP contribution in [0.2, 0.25) is 0 Å². The second kappa shape index (κ2) is 6.70. The van der Waals surface area contributed by atoms with Crippen LogP contribution in [-0.4, -0.2) is 28.1 Å². The Morgan fingerprint density at radius 1 is 1.21 bits per heavy atom. The second-order valence-corrected chi connectivity index (χ2v) is 4.32. The van der Waals surface area contributed by atoms with E-state index in [1.165, 1.54) is 0 Å². The van der Waals surface area contributed by atoms with E-state index in [9.17, 15) is 14.7 Å². The van der Waals surface area contributed by atoms with Gasteiger partial charge in [0.05, 0.1) is 12.1 Å². The summed E-state index contributed by atoms with van der Waals surface area (Å²) in [5, 5.41) is 21.0. The Kier molecular flexibility index (Phi) is 5.26. The maximum absolute atomic E-state index is 11.4. The predicted molar refractivity (Wildman–Crippen MR) is 70.5 cm³/mol. The first-order valence-electron chi connectivity index (χ1n) is 5.86. The highest BCUT2D eigenvalue weighted by atomic mass is 16.4. The number of carboxylic acid groups (broad SMARTS) is 1. The molecule has 0 aliphatic heterocycles. The van der Waals surface area contributed by atoms with E-state index in [-0.39, 0.29) is 0 Å². The number of aryl methyl sites for hydroxylation is 1. The summed E-state index contributed by atoms with van der Waals surface area (Å²) in [5.74, 6) is -1.75. The summed E-state index contributed by atoms with van der Waals surface area (Å²) in [6.07, 6.45) is 0.823. The van der Waals surface area contributed by atoms with E-state index in [4.69, 9.17) is 5.11 Å². The Labute approximate surface area is 111 Å². The van der Waals surface area contributed by atoms with Crippen LogP contribution in [-0.2, 0) is 9.59 Å². The number of rotatable bonds is 5. The summed E-state index contributed by atoms with van der Waals surface area (Å²) in [7, 11) is 0. The van der Waals surface area contributed by atoms with Crippen molar-refractivity contribution in [1.29, 1.82) is 0 Å². The molecule has 102 valence electrons. The molecule has 3 N–H and O–H groups in total. The highest BCUT2D eigenvalue weighted by molar-refractivity contribution is 5.94. The van der Waals surface area contributed by atoms with Gasteiger partial charge in [-0.05, 0) is 19.4 Å². The van der Waals surface area contributed by atoms with Crippen LogP contribution >= 0.6 is 0 Å². The van der Waals surface area contributed by atoms with Crippen LogP contribution in [0.15, 0.2) is 36.4 Å². The molecule has 0 aliphatic carbocycles. The number of benzene rings is 1. The van der Waals surface area contributed by atoms with Crippen LogP contribution in [0.25, 0.3) is 0 Å². The molecule has 0 saturated heterocycles. The highest BCUT2D eigenvalue weighted by Crippen LogP contribution is 2.17. The zero-order valence-electron chi connectivity index (χ0n) is 10.8. The van der Waals surface area contributed by atoms with Gasteiger partial charge in [-0.3, -0.25) is 4.79 Å². The molecule has 0 aromatic heterocycles. The van der Waals surface area contributed by atoms with E-state index < -0.39 is 24.0 Å². The lowest BCUT2D eigenvalue weighted by Crippen LogP contribution is -2.36. The average Bonchev–Trinajstić information content (AvgIpc) is 2.36. The fraction of sp³-hybridized carbons (Fsp3) is 0.286. The summed E-state index contributed by atoms with van der Waals surface area (Å²) in [4.78, 5) is 21.6. The summed E-state index contributed by atoms with van der Waals surface area (Å²) < 4.78 is 0. The lowest BCUT2D eigenvalue weighted by atomic mass is 10.0. The van der Waals surface area contributed by atoms with E-state index in [1.807, 2.05) is 19.1 Å². The van der Waals surface area contributed by atoms with Crippen molar-refractivity contribution in [1.82, 2.24) is 5.32 Å². The Morgan fingerprint density at radius 2 is 1.79 bits per heavy atom. The fourth-order valence-electron chi connectivity index (χ4n) is 1.55. The topological polar surface area (TPSA) is 86.6 Å². The number of carbonyl (C=O) groups is 2. The van der Waals surface area contributed by atoms with Crippen LogP contribution in [0.5, 0.6) is 0 Å². The van der Waals surface area contributed by atoms with Crippen molar-refractivity contribution in [3.05, 3.63) is 47.5 Å². The summed E-state index contributed by atoms with van der Waals surface area (Å²) in [6, 6.07) is 6.80. The Bertz CT molecular complexity index is 479. The van der Waals surface area contributed by atoms with Crippen molar-refractivity contribution in [2.75, 3.05) is 0 Å². The molecule has 1 aromatic rings. The molecule has 2 atom stereocenters. The molecule has 1 rings (SSSR count). The van der Waals surface area contributed by atoms with E-state index >= 15 is 0 Å². The minimum Gasteiger partial charge on any atom is -0.478 e. The predicted octanol–water partition coefficient (Wildman–Crippen LogP) is 1.17. The molecule has 1 aromatic carbocycles. The van der Waals surface area contributed by atoms with Gasteiger partial charge in [0.2, 0.25) is 5.91 Å². The van der Waals surface area contributed by atoms with Crippen molar-refractivity contribution < 1.29 is 19.8 Å². The van der Waals surface area contributed by atoms with E-state index in [0.717, 1.165) is 17.7 Å². The third kappa shape index (κ3) is 4.93. The van der Waals surface area contributed by atoms with Gasteiger partial charge < -0.3 is 15.5 Å². The zero-order valence-corrected chi connectivity index (χ0v) is 10.8. The number of carboxylic acids is 1. The zero-order chi connectivity index (χ0) is 14.4. The average molecular weight is 263 g/mol. The Morgan fingerprint density at radius 3 is 2.32 bits per heavy atom. The van der Waals surface area contributed by atoms with Crippen LogP contribution in [0.1, 0.15) is 24.2 Å². The van der Waals surface area contributed by atoms with Gasteiger partial charge in [0.15, 0.2) is 0 Å². The van der Waals surface area contributed by atoms with Gasteiger partial charge in [0, 0.05) is 12.2 Å². The Hall–Kier alpha value is -2.14. The monoisotopic (exact) mass is 263 g/mol. The summed E-state index contributed by atoms with van der Waals surface area (Å²) in [6.45, 7) is 3.59. The van der Waals surface area contributed by atoms with Crippen molar-refractivity contribution in [3.63, 3.8) is 0 Å². The largest absolute Gasteiger partial charge is 0.478 e. The molecular formula is C14H17NO4. The molecule has 0 radical (unpaired) electrons. The van der Waals surface area contributed by atoms with Crippen LogP contribution in [0, 0.1) is 6.92 Å². The molecule has 0 bridgehead atoms. The van der Waals surface area contributed by atoms with Crippen LogP contribution in [0.3, 0.4) is 0 Å². The quantitative estimate of drug-likeness (QED) is 0.696. The number of aliphatic hydroxyl groups excluding tert-OH is 1. The first-order valence-corrected chi connectivity index (χ1v) is 5.86. The lowest BCUT2D eigenvalue weighted by Gasteiger charge is -2.20. The number of aliphatic carboxylic acids is 1. The molecule has 2 unspecified atom stereocenters. The smallest absolute Gasteiger partial charge is 0.328 e. The van der Waals surface area contributed by atoms with Crippen molar-refractivity contribution in [2.45, 2.75) is 26.0 Å². The van der Waals surface area contributed by atoms with Gasteiger partial charge in [-0.25, -0.2) is 4.79 Å². The highest BCUT2D eigenvalue weighted by Gasteiger charge is 2.17. The molecule has 0 heterocycles. The number of amides is 1. The molecule has 5 heteroatoms. The van der Waals surface area contributed by atoms with E-state index in [1.54, 1.807) is 19.1 Å². The molecule has 0 fully saturated rings. The minimum atomic E-state index is -1.19. The number of hydrogen-bond donors (Lipinski definition) is 3. The number of hydrogen-bond acceptors (Lipinski definition) is 3. The van der Waals surface area contributed by atoms with Gasteiger partial charge in [-0.15, -0.1) is 0 Å². The van der Waals surface area contributed by atoms with Gasteiger partial charge in [0.25, 0.3) is 0 Å². The van der Waals surface area contributed by atoms with E-state index in [0.29, 0.717) is 5.56 Å². The minimum absolute atomic E-state index is 0.520. The van der Waals surface area contributed by atoms with Gasteiger partial charge >= 0.3 is 5.97 Å². The first-order chi connectivity index (χ1) is 8.90. The third-order valence-corrected chi connectivity index (χ3v) is 2.64. The maximum atomic E-state index is 11.4. The first kappa shape index (κ1) is 14.9. The molecule has 19 heavy (non-hydrogen) atoms. The molecular weight excluding hydrogens is 246 g/mol. The summed E-state index contributed by atoms with van der Waals surface area (Å²) >= 11 is 0. The van der Waals surface area contributed by atoms with Crippen molar-refractivity contribution in [2.24, 2.45) is 0 Å². The van der Waals surface area contributed by atoms with E-state index in [2.05, 4.69) is 5.32 Å². The van der Waals surface area contributed by atoms with Crippen LogP contribution < -0.4 is 5.32 Å². The SMILES string of the molecule is Cc1ccc(C(O)C(C)NC(=O)/C=C\C(=O)O)cc1. The van der Waals surface area contributed by atoms with Crippen molar-refractivity contribution in [3.8, 4) is 0 Å². The lowest BCUT2D eigenvalue weighted by molar-refractivity contribution is -0.131. The molecule has 5 nitrogen and oxygen atoms in total. The van der Waals surface area contributed by atoms with Gasteiger partial charge in [0.1, 0.15) is 0 Å². The molecule has 1 amide bonds. The number of nitrogens with one attached hydrogen (secondary N) is 1. The van der Waals surface area contributed by atoms with Gasteiger partial charge in [-0.1, -0.05) is 29.8 Å². The normalized spacial score (nSPS) is 14.1. The van der Waals surface area contributed by atoms with Gasteiger partial charge in [-0.2, -0.15) is 0 Å².